The Balaban J connectivity index is 1.85. The zero-order valence-corrected chi connectivity index (χ0v) is 14.8. The van der Waals surface area contributed by atoms with E-state index in [1.54, 1.807) is 10.4 Å². The molecule has 1 aliphatic carbocycles. The third-order valence-corrected chi connectivity index (χ3v) is 7.80. The van der Waals surface area contributed by atoms with Gasteiger partial charge in [0, 0.05) is 17.6 Å². The number of sulfonamides is 1. The minimum atomic E-state index is -3.37. The number of aryl methyl sites for hydroxylation is 1. The van der Waals surface area contributed by atoms with Crippen LogP contribution in [0.25, 0.3) is 0 Å². The van der Waals surface area contributed by atoms with Crippen LogP contribution >= 0.6 is 15.9 Å². The Hall–Kier alpha value is -0.390. The Morgan fingerprint density at radius 3 is 2.57 bits per heavy atom. The molecule has 116 valence electrons. The standard InChI is InChI=1S/C16H22BrNO2S/c1-12-6-7-16(15(17)10-12)21(19,20)18-9-8-13-4-2-3-5-14(13)11-18/h6-7,10,13-14H,2-5,8-9,11H2,1H3. The number of halogens is 1. The van der Waals surface area contributed by atoms with E-state index >= 15 is 0 Å². The molecule has 1 aromatic carbocycles. The van der Waals surface area contributed by atoms with Crippen molar-refractivity contribution in [3.8, 4) is 0 Å². The van der Waals surface area contributed by atoms with Gasteiger partial charge in [-0.1, -0.05) is 25.3 Å². The highest BCUT2D eigenvalue weighted by Gasteiger charge is 2.37. The first-order valence-corrected chi connectivity index (χ1v) is 9.98. The predicted molar refractivity (Wildman–Crippen MR) is 87.7 cm³/mol. The second kappa shape index (κ2) is 6.01. The monoisotopic (exact) mass is 371 g/mol. The van der Waals surface area contributed by atoms with Crippen LogP contribution in [0, 0.1) is 18.8 Å². The van der Waals surface area contributed by atoms with E-state index in [4.69, 9.17) is 0 Å². The van der Waals surface area contributed by atoms with Crippen molar-refractivity contribution in [2.24, 2.45) is 11.8 Å². The second-order valence-electron chi connectivity index (χ2n) is 6.39. The minimum Gasteiger partial charge on any atom is -0.207 e. The lowest BCUT2D eigenvalue weighted by atomic mass is 9.76. The molecule has 3 nitrogen and oxygen atoms in total. The first kappa shape index (κ1) is 15.5. The third kappa shape index (κ3) is 3.06. The molecule has 0 spiro atoms. The average molecular weight is 372 g/mol. The van der Waals surface area contributed by atoms with E-state index in [1.807, 2.05) is 19.1 Å². The normalized spacial score (nSPS) is 27.3. The smallest absolute Gasteiger partial charge is 0.207 e. The fraction of sp³-hybridized carbons (Fsp3) is 0.625. The van der Waals surface area contributed by atoms with Crippen LogP contribution in [-0.2, 0) is 10.0 Å². The Morgan fingerprint density at radius 1 is 1.14 bits per heavy atom. The van der Waals surface area contributed by atoms with Gasteiger partial charge >= 0.3 is 0 Å². The molecule has 2 atom stereocenters. The van der Waals surface area contributed by atoms with Gasteiger partial charge in [-0.05, 0) is 65.2 Å². The molecule has 2 aliphatic rings. The van der Waals surface area contributed by atoms with Crippen molar-refractivity contribution in [2.75, 3.05) is 13.1 Å². The lowest BCUT2D eigenvalue weighted by molar-refractivity contribution is 0.136. The van der Waals surface area contributed by atoms with Gasteiger partial charge < -0.3 is 0 Å². The van der Waals surface area contributed by atoms with E-state index < -0.39 is 10.0 Å². The van der Waals surface area contributed by atoms with Crippen LogP contribution in [-0.4, -0.2) is 25.8 Å². The summed E-state index contributed by atoms with van der Waals surface area (Å²) >= 11 is 3.41. The Kier molecular flexibility index (Phi) is 4.44. The van der Waals surface area contributed by atoms with E-state index in [1.165, 1.54) is 25.7 Å². The summed E-state index contributed by atoms with van der Waals surface area (Å²) in [5.41, 5.74) is 1.06. The number of nitrogens with zero attached hydrogens (tertiary/aromatic N) is 1. The first-order valence-electron chi connectivity index (χ1n) is 7.75. The third-order valence-electron chi connectivity index (χ3n) is 4.96. The summed E-state index contributed by atoms with van der Waals surface area (Å²) in [5, 5.41) is 0. The molecule has 0 bridgehead atoms. The molecule has 5 heteroatoms. The van der Waals surface area contributed by atoms with Crippen LogP contribution in [0.5, 0.6) is 0 Å². The molecule has 3 rings (SSSR count). The summed E-state index contributed by atoms with van der Waals surface area (Å²) in [6, 6.07) is 5.47. The number of hydrogen-bond acceptors (Lipinski definition) is 2. The molecular formula is C16H22BrNO2S. The molecule has 1 saturated carbocycles. The van der Waals surface area contributed by atoms with Crippen molar-refractivity contribution in [2.45, 2.75) is 43.9 Å². The summed E-state index contributed by atoms with van der Waals surface area (Å²) < 4.78 is 28.2. The SMILES string of the molecule is Cc1ccc(S(=O)(=O)N2CCC3CCCCC3C2)c(Br)c1. The maximum atomic E-state index is 12.9. The summed E-state index contributed by atoms with van der Waals surface area (Å²) in [6.07, 6.45) is 6.06. The molecule has 21 heavy (non-hydrogen) atoms. The van der Waals surface area contributed by atoms with E-state index in [2.05, 4.69) is 15.9 Å². The van der Waals surface area contributed by atoms with Crippen LogP contribution < -0.4 is 0 Å². The maximum absolute atomic E-state index is 12.9. The van der Waals surface area contributed by atoms with Crippen LogP contribution in [0.1, 0.15) is 37.7 Å². The topological polar surface area (TPSA) is 37.4 Å². The minimum absolute atomic E-state index is 0.405. The number of piperidine rings is 1. The zero-order valence-electron chi connectivity index (χ0n) is 12.4. The van der Waals surface area contributed by atoms with Gasteiger partial charge in [0.05, 0.1) is 4.90 Å². The molecule has 0 aromatic heterocycles. The largest absolute Gasteiger partial charge is 0.244 e. The lowest BCUT2D eigenvalue weighted by Gasteiger charge is -2.40. The van der Waals surface area contributed by atoms with Gasteiger partial charge in [0.15, 0.2) is 0 Å². The van der Waals surface area contributed by atoms with Gasteiger partial charge in [-0.25, -0.2) is 8.42 Å². The van der Waals surface area contributed by atoms with Crippen LogP contribution in [0.15, 0.2) is 27.6 Å². The number of benzene rings is 1. The first-order chi connectivity index (χ1) is 9.98. The highest BCUT2D eigenvalue weighted by molar-refractivity contribution is 9.10. The molecule has 0 amide bonds. The molecule has 2 unspecified atom stereocenters. The Morgan fingerprint density at radius 2 is 1.86 bits per heavy atom. The molecule has 1 aliphatic heterocycles. The number of fused-ring (bicyclic) bond motifs is 1. The van der Waals surface area contributed by atoms with Crippen molar-refractivity contribution in [3.05, 3.63) is 28.2 Å². The highest BCUT2D eigenvalue weighted by atomic mass is 79.9. The van der Waals surface area contributed by atoms with Crippen molar-refractivity contribution in [1.29, 1.82) is 0 Å². The fourth-order valence-electron chi connectivity index (χ4n) is 3.74. The van der Waals surface area contributed by atoms with Gasteiger partial charge in [0.25, 0.3) is 0 Å². The zero-order chi connectivity index (χ0) is 15.0. The predicted octanol–water partition coefficient (Wildman–Crippen LogP) is 3.96. The molecule has 0 N–H and O–H groups in total. The van der Waals surface area contributed by atoms with Crippen LogP contribution in [0.4, 0.5) is 0 Å². The Labute approximate surface area is 135 Å². The average Bonchev–Trinajstić information content (AvgIpc) is 2.46. The van der Waals surface area contributed by atoms with Gasteiger partial charge in [0.1, 0.15) is 0 Å². The van der Waals surface area contributed by atoms with E-state index in [9.17, 15) is 8.42 Å². The molecule has 1 heterocycles. The lowest BCUT2D eigenvalue weighted by Crippen LogP contribution is -2.44. The fourth-order valence-corrected chi connectivity index (χ4v) is 6.40. The molecule has 1 saturated heterocycles. The van der Waals surface area contributed by atoms with Crippen molar-refractivity contribution in [3.63, 3.8) is 0 Å². The summed E-state index contributed by atoms with van der Waals surface area (Å²) in [6.45, 7) is 3.34. The summed E-state index contributed by atoms with van der Waals surface area (Å²) in [4.78, 5) is 0.405. The van der Waals surface area contributed by atoms with Crippen molar-refractivity contribution in [1.82, 2.24) is 4.31 Å². The van der Waals surface area contributed by atoms with Crippen molar-refractivity contribution >= 4 is 26.0 Å². The molecule has 2 fully saturated rings. The quantitative estimate of drug-likeness (QED) is 0.788. The van der Waals surface area contributed by atoms with Gasteiger partial charge in [-0.2, -0.15) is 4.31 Å². The van der Waals surface area contributed by atoms with Crippen molar-refractivity contribution < 1.29 is 8.42 Å². The second-order valence-corrected chi connectivity index (χ2v) is 9.15. The molecule has 0 radical (unpaired) electrons. The van der Waals surface area contributed by atoms with E-state index in [0.29, 0.717) is 28.4 Å². The van der Waals surface area contributed by atoms with Gasteiger partial charge in [-0.15, -0.1) is 0 Å². The summed E-state index contributed by atoms with van der Waals surface area (Å²) in [5.74, 6) is 1.30. The number of rotatable bonds is 2. The van der Waals surface area contributed by atoms with Gasteiger partial charge in [-0.3, -0.25) is 0 Å². The molecular weight excluding hydrogens is 350 g/mol. The summed E-state index contributed by atoms with van der Waals surface area (Å²) in [7, 11) is -3.37. The van der Waals surface area contributed by atoms with E-state index in [0.717, 1.165) is 17.9 Å². The maximum Gasteiger partial charge on any atom is 0.244 e. The van der Waals surface area contributed by atoms with Crippen LogP contribution in [0.3, 0.4) is 0 Å². The highest BCUT2D eigenvalue weighted by Crippen LogP contribution is 2.38. The molecule has 1 aromatic rings. The van der Waals surface area contributed by atoms with Gasteiger partial charge in [0.2, 0.25) is 10.0 Å². The Bertz CT molecular complexity index is 629. The van der Waals surface area contributed by atoms with E-state index in [-0.39, 0.29) is 0 Å². The van der Waals surface area contributed by atoms with Crippen LogP contribution in [0.2, 0.25) is 0 Å². The number of hydrogen-bond donors (Lipinski definition) is 0.